The zero-order valence-electron chi connectivity index (χ0n) is 14.5. The second kappa shape index (κ2) is 8.96. The van der Waals surface area contributed by atoms with E-state index in [1.54, 1.807) is 6.21 Å². The Morgan fingerprint density at radius 3 is 2.54 bits per heavy atom. The smallest absolute Gasteiger partial charge is 0.335 e. The molecule has 0 radical (unpaired) electrons. The summed E-state index contributed by atoms with van der Waals surface area (Å²) in [7, 11) is 0. The molecule has 3 rings (SSSR count). The largest absolute Gasteiger partial charge is 0.478 e. The van der Waals surface area contributed by atoms with Gasteiger partial charge in [-0.25, -0.2) is 4.79 Å². The van der Waals surface area contributed by atoms with Crippen LogP contribution >= 0.6 is 11.8 Å². The van der Waals surface area contributed by atoms with Gasteiger partial charge in [0.25, 0.3) is 0 Å². The first-order valence-electron chi connectivity index (χ1n) is 8.28. The van der Waals surface area contributed by atoms with Crippen LogP contribution in [0, 0.1) is 0 Å². The molecule has 1 aliphatic heterocycles. The Morgan fingerprint density at radius 2 is 1.86 bits per heavy atom. The summed E-state index contributed by atoms with van der Waals surface area (Å²) in [6.45, 7) is 0. The van der Waals surface area contributed by atoms with Gasteiger partial charge in [0.05, 0.1) is 11.8 Å². The molecule has 28 heavy (non-hydrogen) atoms. The number of rotatable bonds is 6. The number of nitrogens with zero attached hydrogens (tertiary/aromatic N) is 2. The van der Waals surface area contributed by atoms with Crippen LogP contribution < -0.4 is 10.6 Å². The van der Waals surface area contributed by atoms with Crippen LogP contribution in [0.4, 0.5) is 5.69 Å². The summed E-state index contributed by atoms with van der Waals surface area (Å²) in [5, 5.41) is 21.7. The van der Waals surface area contributed by atoms with Crippen LogP contribution in [0.15, 0.2) is 64.8 Å². The third-order valence-electron chi connectivity index (χ3n) is 3.72. The standard InChI is InChI=1S/C19H16N4O4S/c24-16(21-14-8-6-13(7-9-14)18(26)27)10-15-17(25)22-19(28-15)23-20-11-12-4-2-1-3-5-12/h1-9,11,15H,10H2,(H,21,24)(H,26,27)(H,22,23,25)/b20-11+. The fourth-order valence-corrected chi connectivity index (χ4v) is 3.27. The topological polar surface area (TPSA) is 120 Å². The second-order valence-electron chi connectivity index (χ2n) is 5.79. The Morgan fingerprint density at radius 1 is 1.14 bits per heavy atom. The Kier molecular flexibility index (Phi) is 6.18. The number of carbonyl (C=O) groups is 3. The number of nitrogens with one attached hydrogen (secondary N) is 2. The number of carbonyl (C=O) groups excluding carboxylic acids is 2. The van der Waals surface area contributed by atoms with Gasteiger partial charge in [0.15, 0.2) is 5.17 Å². The Hall–Kier alpha value is -3.46. The number of anilines is 1. The van der Waals surface area contributed by atoms with Crippen LogP contribution in [0.2, 0.25) is 0 Å². The van der Waals surface area contributed by atoms with Crippen molar-refractivity contribution in [2.45, 2.75) is 11.7 Å². The van der Waals surface area contributed by atoms with Crippen molar-refractivity contribution in [2.75, 3.05) is 5.32 Å². The van der Waals surface area contributed by atoms with Crippen molar-refractivity contribution in [3.63, 3.8) is 0 Å². The molecule has 0 aliphatic carbocycles. The molecule has 142 valence electrons. The highest BCUT2D eigenvalue weighted by Gasteiger charge is 2.32. The van der Waals surface area contributed by atoms with Gasteiger partial charge in [-0.15, -0.1) is 5.10 Å². The second-order valence-corrected chi connectivity index (χ2v) is 6.98. The molecule has 1 saturated heterocycles. The van der Waals surface area contributed by atoms with Crippen molar-refractivity contribution in [3.05, 3.63) is 65.7 Å². The number of carboxylic acids is 1. The first kappa shape index (κ1) is 19.3. The van der Waals surface area contributed by atoms with Gasteiger partial charge in [-0.05, 0) is 29.8 Å². The lowest BCUT2D eigenvalue weighted by Crippen LogP contribution is -2.28. The van der Waals surface area contributed by atoms with E-state index in [-0.39, 0.29) is 23.8 Å². The number of thioether (sulfide) groups is 1. The average molecular weight is 396 g/mol. The molecule has 1 atom stereocenters. The van der Waals surface area contributed by atoms with Crippen molar-refractivity contribution in [1.29, 1.82) is 0 Å². The molecule has 9 heteroatoms. The number of carboxylic acid groups (broad SMARTS) is 1. The van der Waals surface area contributed by atoms with Gasteiger partial charge in [-0.1, -0.05) is 42.1 Å². The molecule has 1 fully saturated rings. The van der Waals surface area contributed by atoms with Gasteiger partial charge in [-0.2, -0.15) is 5.10 Å². The maximum Gasteiger partial charge on any atom is 0.335 e. The Bertz CT molecular complexity index is 942. The molecule has 0 saturated carbocycles. The fourth-order valence-electron chi connectivity index (χ4n) is 2.35. The van der Waals surface area contributed by atoms with E-state index in [1.807, 2.05) is 30.3 Å². The third-order valence-corrected chi connectivity index (χ3v) is 4.79. The monoisotopic (exact) mass is 396 g/mol. The summed E-state index contributed by atoms with van der Waals surface area (Å²) in [6, 6.07) is 15.2. The van der Waals surface area contributed by atoms with Crippen molar-refractivity contribution >= 4 is 46.6 Å². The number of amidine groups is 1. The first-order chi connectivity index (χ1) is 13.5. The van der Waals surface area contributed by atoms with Gasteiger partial charge < -0.3 is 15.7 Å². The lowest BCUT2D eigenvalue weighted by Gasteiger charge is -2.07. The molecule has 2 amide bonds. The van der Waals surface area contributed by atoms with Crippen LogP contribution in [0.1, 0.15) is 22.3 Å². The molecule has 3 N–H and O–H groups in total. The van der Waals surface area contributed by atoms with E-state index in [4.69, 9.17) is 5.11 Å². The number of aromatic carboxylic acids is 1. The molecule has 8 nitrogen and oxygen atoms in total. The van der Waals surface area contributed by atoms with E-state index in [9.17, 15) is 14.4 Å². The highest BCUT2D eigenvalue weighted by Crippen LogP contribution is 2.23. The lowest BCUT2D eigenvalue weighted by atomic mass is 10.2. The molecule has 0 aromatic heterocycles. The predicted molar refractivity (Wildman–Crippen MR) is 108 cm³/mol. The number of amides is 2. The van der Waals surface area contributed by atoms with E-state index in [1.165, 1.54) is 24.3 Å². The highest BCUT2D eigenvalue weighted by atomic mass is 32.2. The molecule has 0 spiro atoms. The zero-order valence-corrected chi connectivity index (χ0v) is 15.3. The summed E-state index contributed by atoms with van der Waals surface area (Å²) >= 11 is 1.14. The molecule has 2 aromatic rings. The van der Waals surface area contributed by atoms with Gasteiger partial charge in [0.1, 0.15) is 5.25 Å². The summed E-state index contributed by atoms with van der Waals surface area (Å²) < 4.78 is 0. The SMILES string of the molecule is O=C(CC1S/C(=N\N=C\c2ccccc2)NC1=O)Nc1ccc(C(=O)O)cc1. The third kappa shape index (κ3) is 5.27. The van der Waals surface area contributed by atoms with Gasteiger partial charge in [-0.3, -0.25) is 9.59 Å². The molecule has 1 unspecified atom stereocenters. The van der Waals surface area contributed by atoms with E-state index in [2.05, 4.69) is 20.8 Å². The maximum atomic E-state index is 12.1. The van der Waals surface area contributed by atoms with Crippen molar-refractivity contribution < 1.29 is 19.5 Å². The molecule has 1 heterocycles. The first-order valence-corrected chi connectivity index (χ1v) is 9.16. The summed E-state index contributed by atoms with van der Waals surface area (Å²) in [4.78, 5) is 35.0. The molecule has 0 bridgehead atoms. The highest BCUT2D eigenvalue weighted by molar-refractivity contribution is 8.15. The van der Waals surface area contributed by atoms with Crippen molar-refractivity contribution in [2.24, 2.45) is 10.2 Å². The molecule has 2 aromatic carbocycles. The Balaban J connectivity index is 1.53. The minimum absolute atomic E-state index is 0.0431. The normalized spacial score (nSPS) is 17.6. The number of benzene rings is 2. The van der Waals surface area contributed by atoms with Gasteiger partial charge in [0.2, 0.25) is 11.8 Å². The van der Waals surface area contributed by atoms with Crippen LogP contribution in [-0.2, 0) is 9.59 Å². The van der Waals surface area contributed by atoms with E-state index in [0.717, 1.165) is 17.3 Å². The van der Waals surface area contributed by atoms with E-state index >= 15 is 0 Å². The summed E-state index contributed by atoms with van der Waals surface area (Å²) in [5.41, 5.74) is 1.46. The molecule has 1 aliphatic rings. The quantitative estimate of drug-likeness (QED) is 0.511. The van der Waals surface area contributed by atoms with Crippen LogP contribution in [0.3, 0.4) is 0 Å². The minimum atomic E-state index is -1.04. The molecular formula is C19H16N4O4S. The van der Waals surface area contributed by atoms with Crippen LogP contribution in [-0.4, -0.2) is 39.5 Å². The number of hydrogen-bond acceptors (Lipinski definition) is 6. The van der Waals surface area contributed by atoms with Crippen molar-refractivity contribution in [1.82, 2.24) is 5.32 Å². The minimum Gasteiger partial charge on any atom is -0.478 e. The number of hydrogen-bond donors (Lipinski definition) is 3. The Labute approximate surface area is 164 Å². The molecular weight excluding hydrogens is 380 g/mol. The summed E-state index contributed by atoms with van der Waals surface area (Å²) in [5.74, 6) is -1.71. The zero-order chi connectivity index (χ0) is 19.9. The van der Waals surface area contributed by atoms with Gasteiger partial charge >= 0.3 is 5.97 Å². The van der Waals surface area contributed by atoms with Gasteiger partial charge in [0, 0.05) is 12.1 Å². The summed E-state index contributed by atoms with van der Waals surface area (Å²) in [6.07, 6.45) is 1.53. The lowest BCUT2D eigenvalue weighted by molar-refractivity contribution is -0.122. The fraction of sp³-hybridized carbons (Fsp3) is 0.105. The average Bonchev–Trinajstić information content (AvgIpc) is 3.02. The predicted octanol–water partition coefficient (Wildman–Crippen LogP) is 2.34. The van der Waals surface area contributed by atoms with Crippen LogP contribution in [0.25, 0.3) is 0 Å². The van der Waals surface area contributed by atoms with E-state index < -0.39 is 11.2 Å². The van der Waals surface area contributed by atoms with E-state index in [0.29, 0.717) is 10.9 Å². The van der Waals surface area contributed by atoms with Crippen molar-refractivity contribution in [3.8, 4) is 0 Å². The van der Waals surface area contributed by atoms with Crippen LogP contribution in [0.5, 0.6) is 0 Å². The maximum absolute atomic E-state index is 12.1.